The number of para-hydroxylation sites is 2. The Hall–Kier alpha value is -1.56. The number of carbonyl (C=O) groups is 1. The first kappa shape index (κ1) is 20.7. The summed E-state index contributed by atoms with van der Waals surface area (Å²) in [4.78, 5) is 12.7. The second-order valence-corrected chi connectivity index (χ2v) is 6.80. The van der Waals surface area contributed by atoms with Gasteiger partial charge >= 0.3 is 5.95 Å². The molecule has 0 fully saturated rings. The predicted octanol–water partition coefficient (Wildman–Crippen LogP) is 1.50. The van der Waals surface area contributed by atoms with Crippen LogP contribution in [-0.2, 0) is 13.1 Å². The lowest BCUT2D eigenvalue weighted by molar-refractivity contribution is -0.642. The number of benzene rings is 2. The fraction of sp³-hybridized carbons (Fsp3) is 0.263. The number of hydrogen-bond acceptors (Lipinski definition) is 2. The van der Waals surface area contributed by atoms with Crippen LogP contribution in [0.4, 0.5) is 5.95 Å². The minimum atomic E-state index is -0.0614. The summed E-state index contributed by atoms with van der Waals surface area (Å²) in [7, 11) is 0. The summed E-state index contributed by atoms with van der Waals surface area (Å²) < 4.78 is 3.93. The van der Waals surface area contributed by atoms with Crippen LogP contribution in [0, 0.1) is 0 Å². The second kappa shape index (κ2) is 8.89. The van der Waals surface area contributed by atoms with Crippen LogP contribution in [0.25, 0.3) is 11.0 Å². The average Bonchev–Trinajstić information content (AvgIpc) is 2.87. The maximum atomic E-state index is 12.7. The quantitative estimate of drug-likeness (QED) is 0.451. The molecule has 2 aromatic carbocycles. The largest absolute Gasteiger partial charge is 1.00 e. The summed E-state index contributed by atoms with van der Waals surface area (Å²) >= 11 is 12.0. The number of anilines is 1. The third kappa shape index (κ3) is 4.05. The monoisotopic (exact) mass is 455 g/mol. The molecule has 1 aromatic heterocycles. The SMILES string of the molecule is CCCCn1c(N)[n+](CC(=O)c2ccc(Cl)c(Cl)c2)c2ccccc21.[Br-]. The fourth-order valence-corrected chi connectivity index (χ4v) is 3.23. The van der Waals surface area contributed by atoms with Crippen LogP contribution in [0.2, 0.25) is 10.0 Å². The fourth-order valence-electron chi connectivity index (χ4n) is 2.94. The van der Waals surface area contributed by atoms with Gasteiger partial charge < -0.3 is 17.0 Å². The van der Waals surface area contributed by atoms with Gasteiger partial charge in [-0.05, 0) is 36.8 Å². The second-order valence-electron chi connectivity index (χ2n) is 5.99. The molecule has 0 atom stereocenters. The Morgan fingerprint density at radius 3 is 2.58 bits per heavy atom. The maximum Gasteiger partial charge on any atom is 0.356 e. The lowest BCUT2D eigenvalue weighted by atomic mass is 10.1. The first-order valence-electron chi connectivity index (χ1n) is 8.27. The Balaban J connectivity index is 0.00000243. The van der Waals surface area contributed by atoms with Crippen LogP contribution in [-0.4, -0.2) is 10.4 Å². The van der Waals surface area contributed by atoms with Crippen LogP contribution in [0.3, 0.4) is 0 Å². The van der Waals surface area contributed by atoms with Crippen molar-refractivity contribution in [3.05, 3.63) is 58.1 Å². The van der Waals surface area contributed by atoms with Gasteiger partial charge in [0.25, 0.3) is 0 Å². The topological polar surface area (TPSA) is 51.9 Å². The van der Waals surface area contributed by atoms with Gasteiger partial charge in [0.1, 0.15) is 17.6 Å². The number of nitrogens with two attached hydrogens (primary N) is 1. The van der Waals surface area contributed by atoms with Crippen molar-refractivity contribution in [3.63, 3.8) is 0 Å². The average molecular weight is 457 g/mol. The molecule has 0 amide bonds. The number of nitrogen functional groups attached to an aromatic ring is 1. The van der Waals surface area contributed by atoms with Crippen LogP contribution in [0.1, 0.15) is 30.1 Å². The van der Waals surface area contributed by atoms with Crippen LogP contribution < -0.4 is 27.3 Å². The molecule has 3 rings (SSSR count). The van der Waals surface area contributed by atoms with E-state index in [0.29, 0.717) is 21.6 Å². The molecule has 2 N–H and O–H groups in total. The highest BCUT2D eigenvalue weighted by Gasteiger charge is 2.23. The summed E-state index contributed by atoms with van der Waals surface area (Å²) in [6, 6.07) is 12.9. The zero-order chi connectivity index (χ0) is 18.0. The van der Waals surface area contributed by atoms with Crippen molar-refractivity contribution >= 4 is 46.0 Å². The molecule has 138 valence electrons. The predicted molar refractivity (Wildman–Crippen MR) is 102 cm³/mol. The number of aryl methyl sites for hydroxylation is 1. The Morgan fingerprint density at radius 2 is 1.88 bits per heavy atom. The number of ketones is 1. The first-order valence-corrected chi connectivity index (χ1v) is 9.03. The molecule has 0 unspecified atom stereocenters. The highest BCUT2D eigenvalue weighted by atomic mass is 79.9. The number of halogens is 3. The summed E-state index contributed by atoms with van der Waals surface area (Å²) in [5, 5.41) is 0.803. The van der Waals surface area contributed by atoms with Gasteiger partial charge in [0.05, 0.1) is 16.6 Å². The Morgan fingerprint density at radius 1 is 1.15 bits per heavy atom. The van der Waals surface area contributed by atoms with E-state index < -0.39 is 0 Å². The molecular formula is C19H20BrCl2N3O. The van der Waals surface area contributed by atoms with Crippen LogP contribution in [0.15, 0.2) is 42.5 Å². The molecule has 0 aliphatic heterocycles. The molecule has 0 aliphatic rings. The van der Waals surface area contributed by atoms with Crippen molar-refractivity contribution in [2.45, 2.75) is 32.9 Å². The molecule has 0 aliphatic carbocycles. The number of aromatic nitrogens is 2. The van der Waals surface area contributed by atoms with Gasteiger partial charge in [-0.3, -0.25) is 10.5 Å². The van der Waals surface area contributed by atoms with E-state index in [1.54, 1.807) is 18.2 Å². The van der Waals surface area contributed by atoms with E-state index in [4.69, 9.17) is 28.9 Å². The molecule has 0 saturated heterocycles. The number of unbranched alkanes of at least 4 members (excludes halogenated alkanes) is 1. The number of nitrogens with zero attached hydrogens (tertiary/aromatic N) is 2. The number of rotatable bonds is 6. The summed E-state index contributed by atoms with van der Waals surface area (Å²) in [5.74, 6) is 0.525. The number of carbonyl (C=O) groups excluding carboxylic acids is 1. The molecule has 0 saturated carbocycles. The standard InChI is InChI=1S/C19H19Cl2N3O.BrH/c1-2-3-10-23-16-6-4-5-7-17(16)24(19(23)22)12-18(25)13-8-9-14(20)15(21)11-13;/h4-9,11,22H,2-3,10,12H2,1H3;1H. The molecule has 3 aromatic rings. The molecule has 4 nitrogen and oxygen atoms in total. The Kier molecular flexibility index (Phi) is 7.09. The van der Waals surface area contributed by atoms with E-state index >= 15 is 0 Å². The molecular weight excluding hydrogens is 437 g/mol. The third-order valence-electron chi connectivity index (χ3n) is 4.29. The van der Waals surface area contributed by atoms with E-state index in [2.05, 4.69) is 11.5 Å². The van der Waals surface area contributed by atoms with E-state index in [-0.39, 0.29) is 29.3 Å². The van der Waals surface area contributed by atoms with Gasteiger partial charge in [0.15, 0.2) is 5.78 Å². The molecule has 1 heterocycles. The number of hydrogen-bond donors (Lipinski definition) is 1. The molecule has 26 heavy (non-hydrogen) atoms. The van der Waals surface area contributed by atoms with Crippen molar-refractivity contribution in [2.24, 2.45) is 0 Å². The van der Waals surface area contributed by atoms with Gasteiger partial charge in [0.2, 0.25) is 0 Å². The van der Waals surface area contributed by atoms with Crippen molar-refractivity contribution in [1.29, 1.82) is 0 Å². The lowest BCUT2D eigenvalue weighted by Crippen LogP contribution is -3.00. The van der Waals surface area contributed by atoms with Crippen molar-refractivity contribution < 1.29 is 26.3 Å². The van der Waals surface area contributed by atoms with Gasteiger partial charge in [-0.25, -0.2) is 9.13 Å². The van der Waals surface area contributed by atoms with Gasteiger partial charge in [-0.2, -0.15) is 0 Å². The minimum Gasteiger partial charge on any atom is -1.00 e. The summed E-state index contributed by atoms with van der Waals surface area (Å²) in [5.41, 5.74) is 8.87. The molecule has 0 spiro atoms. The van der Waals surface area contributed by atoms with E-state index in [0.717, 1.165) is 30.4 Å². The molecule has 0 bridgehead atoms. The number of fused-ring (bicyclic) bond motifs is 1. The van der Waals surface area contributed by atoms with Crippen LogP contribution >= 0.6 is 23.2 Å². The van der Waals surface area contributed by atoms with Gasteiger partial charge in [-0.15, -0.1) is 0 Å². The number of imidazole rings is 1. The highest BCUT2D eigenvalue weighted by molar-refractivity contribution is 6.42. The highest BCUT2D eigenvalue weighted by Crippen LogP contribution is 2.23. The van der Waals surface area contributed by atoms with Crippen molar-refractivity contribution in [3.8, 4) is 0 Å². The zero-order valence-corrected chi connectivity index (χ0v) is 17.5. The molecule has 0 radical (unpaired) electrons. The normalized spacial score (nSPS) is 10.7. The van der Waals surface area contributed by atoms with Crippen molar-refractivity contribution in [2.75, 3.05) is 5.73 Å². The Bertz CT molecular complexity index is 940. The van der Waals surface area contributed by atoms with E-state index in [1.165, 1.54) is 0 Å². The summed E-state index contributed by atoms with van der Waals surface area (Å²) in [6.45, 7) is 3.13. The maximum absolute atomic E-state index is 12.7. The molecule has 7 heteroatoms. The number of Topliss-reactive ketones (excluding diaryl/α,β-unsaturated/α-hetero) is 1. The zero-order valence-electron chi connectivity index (χ0n) is 14.4. The minimum absolute atomic E-state index is 0. The van der Waals surface area contributed by atoms with Gasteiger partial charge in [-0.1, -0.05) is 48.7 Å². The lowest BCUT2D eigenvalue weighted by Gasteiger charge is -2.04. The first-order chi connectivity index (χ1) is 12.0. The Labute approximate surface area is 173 Å². The van der Waals surface area contributed by atoms with Crippen LogP contribution in [0.5, 0.6) is 0 Å². The smallest absolute Gasteiger partial charge is 0.356 e. The van der Waals surface area contributed by atoms with E-state index in [1.807, 2.05) is 28.8 Å². The third-order valence-corrected chi connectivity index (χ3v) is 5.03. The van der Waals surface area contributed by atoms with Gasteiger partial charge in [0, 0.05) is 5.56 Å². The van der Waals surface area contributed by atoms with Crippen molar-refractivity contribution in [1.82, 2.24) is 4.57 Å². The summed E-state index contributed by atoms with van der Waals surface area (Å²) in [6.07, 6.45) is 2.11. The van der Waals surface area contributed by atoms with E-state index in [9.17, 15) is 4.79 Å².